The number of carbonyl (C=O) groups is 1. The molecule has 1 amide bonds. The van der Waals surface area contributed by atoms with E-state index in [4.69, 9.17) is 0 Å². The van der Waals surface area contributed by atoms with Gasteiger partial charge >= 0.3 is 0 Å². The number of carbonyl (C=O) groups excluding carboxylic acids is 1. The van der Waals surface area contributed by atoms with Gasteiger partial charge in [-0.25, -0.2) is 0 Å². The molecule has 1 atom stereocenters. The third-order valence-corrected chi connectivity index (χ3v) is 6.08. The summed E-state index contributed by atoms with van der Waals surface area (Å²) in [6, 6.07) is 15.9. The van der Waals surface area contributed by atoms with Crippen LogP contribution in [0.15, 0.2) is 59.3 Å². The fourth-order valence-corrected chi connectivity index (χ4v) is 4.46. The lowest BCUT2D eigenvalue weighted by Gasteiger charge is -2.17. The van der Waals surface area contributed by atoms with Crippen LogP contribution in [0.2, 0.25) is 0 Å². The van der Waals surface area contributed by atoms with Crippen molar-refractivity contribution in [3.63, 3.8) is 0 Å². The number of rotatable bonds is 7. The lowest BCUT2D eigenvalue weighted by Crippen LogP contribution is -2.34. The van der Waals surface area contributed by atoms with Crippen molar-refractivity contribution in [2.75, 3.05) is 18.4 Å². The van der Waals surface area contributed by atoms with Crippen LogP contribution in [0, 0.1) is 0 Å². The van der Waals surface area contributed by atoms with Gasteiger partial charge in [-0.2, -0.15) is 15.9 Å². The highest BCUT2D eigenvalue weighted by atomic mass is 32.1. The highest BCUT2D eigenvalue weighted by Crippen LogP contribution is 2.22. The van der Waals surface area contributed by atoms with Gasteiger partial charge in [0, 0.05) is 24.0 Å². The molecule has 1 unspecified atom stereocenters. The quantitative estimate of drug-likeness (QED) is 0.497. The monoisotopic (exact) mass is 418 g/mol. The van der Waals surface area contributed by atoms with E-state index in [0.717, 1.165) is 37.9 Å². The van der Waals surface area contributed by atoms with Crippen LogP contribution in [0.25, 0.3) is 17.0 Å². The first-order valence-electron chi connectivity index (χ1n) is 10.1. The van der Waals surface area contributed by atoms with E-state index in [2.05, 4.69) is 44.9 Å². The number of benzene rings is 1. The van der Waals surface area contributed by atoms with Crippen LogP contribution in [0.1, 0.15) is 18.4 Å². The first-order valence-corrected chi connectivity index (χ1v) is 11.1. The van der Waals surface area contributed by atoms with Gasteiger partial charge in [0.05, 0.1) is 0 Å². The lowest BCUT2D eigenvalue weighted by molar-refractivity contribution is -0.128. The highest BCUT2D eigenvalue weighted by Gasteiger charge is 2.31. The van der Waals surface area contributed by atoms with Gasteiger partial charge in [-0.3, -0.25) is 4.79 Å². The normalized spacial score (nSPS) is 16.5. The van der Waals surface area contributed by atoms with Crippen molar-refractivity contribution in [3.05, 3.63) is 64.9 Å². The van der Waals surface area contributed by atoms with Gasteiger partial charge in [0.1, 0.15) is 11.9 Å². The largest absolute Gasteiger partial charge is 0.357 e. The molecular formula is C22H22N6OS. The Kier molecular flexibility index (Phi) is 5.15. The molecule has 0 spiro atoms. The standard InChI is InChI=1S/C22H22N6OS/c29-22-18(10-13-27(22)12-4-7-16-5-2-1-3-6-16)23-19-8-9-20-24-25-21(28(20)26-19)17-11-14-30-15-17/h1-3,5-6,8-9,11,14-15,18H,4,7,10,12-13H2,(H,23,26). The van der Waals surface area contributed by atoms with E-state index in [1.54, 1.807) is 15.9 Å². The van der Waals surface area contributed by atoms with E-state index in [0.29, 0.717) is 17.3 Å². The van der Waals surface area contributed by atoms with E-state index in [1.165, 1.54) is 5.56 Å². The van der Waals surface area contributed by atoms with Crippen LogP contribution in [0.3, 0.4) is 0 Å². The third-order valence-electron chi connectivity index (χ3n) is 5.40. The summed E-state index contributed by atoms with van der Waals surface area (Å²) in [7, 11) is 0. The van der Waals surface area contributed by atoms with Crippen molar-refractivity contribution in [3.8, 4) is 11.4 Å². The number of hydrogen-bond acceptors (Lipinski definition) is 6. The number of nitrogens with one attached hydrogen (secondary N) is 1. The van der Waals surface area contributed by atoms with Crippen molar-refractivity contribution in [2.24, 2.45) is 0 Å². The van der Waals surface area contributed by atoms with Gasteiger partial charge in [0.15, 0.2) is 11.5 Å². The molecule has 1 aliphatic rings. The maximum Gasteiger partial charge on any atom is 0.245 e. The molecular weight excluding hydrogens is 396 g/mol. The van der Waals surface area contributed by atoms with Crippen molar-refractivity contribution in [2.45, 2.75) is 25.3 Å². The topological polar surface area (TPSA) is 75.4 Å². The summed E-state index contributed by atoms with van der Waals surface area (Å²) in [5.41, 5.74) is 2.98. The van der Waals surface area contributed by atoms with Crippen molar-refractivity contribution >= 4 is 28.7 Å². The Morgan fingerprint density at radius 2 is 2.00 bits per heavy atom. The van der Waals surface area contributed by atoms with Gasteiger partial charge in [-0.05, 0) is 48.4 Å². The fraction of sp³-hybridized carbons (Fsp3) is 0.273. The van der Waals surface area contributed by atoms with E-state index in [9.17, 15) is 4.79 Å². The minimum atomic E-state index is -0.243. The first kappa shape index (κ1) is 18.7. The van der Waals surface area contributed by atoms with Gasteiger partial charge in [0.25, 0.3) is 0 Å². The SMILES string of the molecule is O=C1C(Nc2ccc3nnc(-c4ccsc4)n3n2)CCN1CCCc1ccccc1. The molecule has 1 fully saturated rings. The van der Waals surface area contributed by atoms with Gasteiger partial charge in [-0.15, -0.1) is 15.3 Å². The van der Waals surface area contributed by atoms with Crippen LogP contribution < -0.4 is 5.32 Å². The predicted molar refractivity (Wildman–Crippen MR) is 117 cm³/mol. The summed E-state index contributed by atoms with van der Waals surface area (Å²) in [5, 5.41) is 20.4. The molecule has 3 aromatic heterocycles. The molecule has 0 aliphatic carbocycles. The number of hydrogen-bond donors (Lipinski definition) is 1. The maximum atomic E-state index is 12.8. The summed E-state index contributed by atoms with van der Waals surface area (Å²) in [6.07, 6.45) is 2.74. The molecule has 152 valence electrons. The average Bonchev–Trinajstić information content (AvgIpc) is 3.51. The molecule has 0 saturated carbocycles. The molecule has 30 heavy (non-hydrogen) atoms. The number of anilines is 1. The molecule has 8 heteroatoms. The summed E-state index contributed by atoms with van der Waals surface area (Å²) in [6.45, 7) is 1.56. The molecule has 1 N–H and O–H groups in total. The minimum absolute atomic E-state index is 0.145. The Balaban J connectivity index is 1.23. The number of thiophene rings is 1. The molecule has 1 aliphatic heterocycles. The molecule has 7 nitrogen and oxygen atoms in total. The second-order valence-corrected chi connectivity index (χ2v) is 8.20. The molecule has 1 saturated heterocycles. The van der Waals surface area contributed by atoms with Crippen LogP contribution in [0.4, 0.5) is 5.82 Å². The highest BCUT2D eigenvalue weighted by molar-refractivity contribution is 7.08. The Labute approximate surface area is 178 Å². The van der Waals surface area contributed by atoms with Gasteiger partial charge in [0.2, 0.25) is 5.91 Å². The summed E-state index contributed by atoms with van der Waals surface area (Å²) in [5.74, 6) is 1.50. The van der Waals surface area contributed by atoms with E-state index in [-0.39, 0.29) is 11.9 Å². The number of fused-ring (bicyclic) bond motifs is 1. The fourth-order valence-electron chi connectivity index (χ4n) is 3.83. The van der Waals surface area contributed by atoms with Crippen LogP contribution >= 0.6 is 11.3 Å². The zero-order valence-corrected chi connectivity index (χ0v) is 17.3. The summed E-state index contributed by atoms with van der Waals surface area (Å²) < 4.78 is 1.72. The molecule has 0 bridgehead atoms. The predicted octanol–water partition coefficient (Wildman–Crippen LogP) is 3.50. The minimum Gasteiger partial charge on any atom is -0.357 e. The van der Waals surface area contributed by atoms with Crippen LogP contribution in [0.5, 0.6) is 0 Å². The molecule has 4 heterocycles. The Hall–Kier alpha value is -3.26. The number of aromatic nitrogens is 4. The second kappa shape index (κ2) is 8.23. The van der Waals surface area contributed by atoms with Crippen LogP contribution in [-0.2, 0) is 11.2 Å². The number of nitrogens with zero attached hydrogens (tertiary/aromatic N) is 5. The number of likely N-dealkylation sites (tertiary alicyclic amines) is 1. The summed E-state index contributed by atoms with van der Waals surface area (Å²) in [4.78, 5) is 14.8. The molecule has 5 rings (SSSR count). The van der Waals surface area contributed by atoms with Crippen LogP contribution in [-0.4, -0.2) is 49.7 Å². The Morgan fingerprint density at radius 1 is 1.10 bits per heavy atom. The zero-order chi connectivity index (χ0) is 20.3. The molecule has 1 aromatic carbocycles. The van der Waals surface area contributed by atoms with Crippen molar-refractivity contribution in [1.82, 2.24) is 24.7 Å². The van der Waals surface area contributed by atoms with Crippen molar-refractivity contribution < 1.29 is 4.79 Å². The Bertz CT molecular complexity index is 1140. The average molecular weight is 419 g/mol. The Morgan fingerprint density at radius 3 is 2.83 bits per heavy atom. The number of aryl methyl sites for hydroxylation is 1. The zero-order valence-electron chi connectivity index (χ0n) is 16.4. The van der Waals surface area contributed by atoms with E-state index >= 15 is 0 Å². The third kappa shape index (κ3) is 3.78. The van der Waals surface area contributed by atoms with E-state index in [1.807, 2.05) is 39.9 Å². The van der Waals surface area contributed by atoms with Gasteiger partial charge in [-0.1, -0.05) is 30.3 Å². The molecule has 4 aromatic rings. The second-order valence-electron chi connectivity index (χ2n) is 7.42. The first-order chi connectivity index (χ1) is 14.8. The number of amides is 1. The summed E-state index contributed by atoms with van der Waals surface area (Å²) >= 11 is 1.61. The van der Waals surface area contributed by atoms with E-state index < -0.39 is 0 Å². The van der Waals surface area contributed by atoms with Gasteiger partial charge < -0.3 is 10.2 Å². The lowest BCUT2D eigenvalue weighted by atomic mass is 10.1. The maximum absolute atomic E-state index is 12.8. The smallest absolute Gasteiger partial charge is 0.245 e. The van der Waals surface area contributed by atoms with Crippen molar-refractivity contribution in [1.29, 1.82) is 0 Å². The molecule has 0 radical (unpaired) electrons.